The summed E-state index contributed by atoms with van der Waals surface area (Å²) < 4.78 is 18.6. The largest absolute Gasteiger partial charge is 0.505 e. The molecule has 88 valence electrons. The van der Waals surface area contributed by atoms with E-state index >= 15 is 0 Å². The van der Waals surface area contributed by atoms with Gasteiger partial charge in [-0.05, 0) is 36.2 Å². The Bertz CT molecular complexity index is 523. The van der Waals surface area contributed by atoms with Crippen LogP contribution in [0.3, 0.4) is 0 Å². The summed E-state index contributed by atoms with van der Waals surface area (Å²) >= 11 is 0. The molecule has 2 aromatic rings. The molecule has 0 saturated heterocycles. The van der Waals surface area contributed by atoms with Crippen LogP contribution in [0.2, 0.25) is 0 Å². The van der Waals surface area contributed by atoms with E-state index in [1.807, 2.05) is 31.2 Å². The normalized spacial score (nSPS) is 10.2. The molecule has 0 aliphatic rings. The molecule has 0 aromatic heterocycles. The van der Waals surface area contributed by atoms with Gasteiger partial charge in [0.05, 0.1) is 0 Å². The number of aromatic hydroxyl groups is 1. The summed E-state index contributed by atoms with van der Waals surface area (Å²) in [5.41, 5.74) is 1.72. The smallest absolute Gasteiger partial charge is 0.165 e. The average Bonchev–Trinajstić information content (AvgIpc) is 2.32. The molecule has 0 aliphatic heterocycles. The van der Waals surface area contributed by atoms with Crippen molar-refractivity contribution < 1.29 is 14.2 Å². The van der Waals surface area contributed by atoms with Crippen molar-refractivity contribution in [2.24, 2.45) is 0 Å². The standard InChI is InChI=1S/C14H13FO2/c1-10-4-2-3-5-14(10)17-9-11-6-7-13(16)12(15)8-11/h2-8,16H,9H2,1H3. The summed E-state index contributed by atoms with van der Waals surface area (Å²) in [6, 6.07) is 11.9. The SMILES string of the molecule is Cc1ccccc1OCc1ccc(O)c(F)c1. The van der Waals surface area contributed by atoms with E-state index in [0.717, 1.165) is 11.3 Å². The molecule has 0 saturated carbocycles. The van der Waals surface area contributed by atoms with E-state index in [0.29, 0.717) is 5.56 Å². The minimum absolute atomic E-state index is 0.280. The van der Waals surface area contributed by atoms with Crippen LogP contribution in [0.25, 0.3) is 0 Å². The summed E-state index contributed by atoms with van der Waals surface area (Å²) in [4.78, 5) is 0. The number of hydrogen-bond donors (Lipinski definition) is 1. The highest BCUT2D eigenvalue weighted by molar-refractivity contribution is 5.32. The fraction of sp³-hybridized carbons (Fsp3) is 0.143. The van der Waals surface area contributed by atoms with Crippen LogP contribution in [0.1, 0.15) is 11.1 Å². The molecule has 0 radical (unpaired) electrons. The van der Waals surface area contributed by atoms with Crippen molar-refractivity contribution in [3.8, 4) is 11.5 Å². The van der Waals surface area contributed by atoms with E-state index in [1.165, 1.54) is 12.1 Å². The molecule has 1 N–H and O–H groups in total. The van der Waals surface area contributed by atoms with Gasteiger partial charge in [0.1, 0.15) is 12.4 Å². The second-order valence-electron chi connectivity index (χ2n) is 3.84. The lowest BCUT2D eigenvalue weighted by molar-refractivity contribution is 0.303. The molecule has 2 aromatic carbocycles. The third-order valence-corrected chi connectivity index (χ3v) is 2.50. The molecule has 2 rings (SSSR count). The number of phenolic OH excluding ortho intramolecular Hbond substituents is 1. The highest BCUT2D eigenvalue weighted by Gasteiger charge is 2.03. The quantitative estimate of drug-likeness (QED) is 0.878. The lowest BCUT2D eigenvalue weighted by Crippen LogP contribution is -1.97. The lowest BCUT2D eigenvalue weighted by atomic mass is 10.2. The molecule has 0 amide bonds. The van der Waals surface area contributed by atoms with Crippen molar-refractivity contribution in [1.82, 2.24) is 0 Å². The lowest BCUT2D eigenvalue weighted by Gasteiger charge is -2.09. The molecule has 3 heteroatoms. The summed E-state index contributed by atoms with van der Waals surface area (Å²) in [5, 5.41) is 9.06. The third-order valence-electron chi connectivity index (χ3n) is 2.50. The summed E-state index contributed by atoms with van der Waals surface area (Å²) in [6.07, 6.45) is 0. The van der Waals surface area contributed by atoms with Crippen molar-refractivity contribution in [1.29, 1.82) is 0 Å². The van der Waals surface area contributed by atoms with Crippen LogP contribution in [0.15, 0.2) is 42.5 Å². The maximum absolute atomic E-state index is 13.1. The highest BCUT2D eigenvalue weighted by atomic mass is 19.1. The minimum atomic E-state index is -0.629. The fourth-order valence-electron chi connectivity index (χ4n) is 1.52. The molecular formula is C14H13FO2. The van der Waals surface area contributed by atoms with Crippen LogP contribution < -0.4 is 4.74 Å². The molecule has 0 heterocycles. The van der Waals surface area contributed by atoms with E-state index < -0.39 is 5.82 Å². The van der Waals surface area contributed by atoms with Gasteiger partial charge in [0.15, 0.2) is 11.6 Å². The van der Waals surface area contributed by atoms with Crippen LogP contribution in [0, 0.1) is 12.7 Å². The summed E-state index contributed by atoms with van der Waals surface area (Å²) in [7, 11) is 0. The zero-order valence-electron chi connectivity index (χ0n) is 9.48. The summed E-state index contributed by atoms with van der Waals surface area (Å²) in [5.74, 6) is -0.193. The first-order valence-electron chi connectivity index (χ1n) is 5.32. The van der Waals surface area contributed by atoms with E-state index in [4.69, 9.17) is 9.84 Å². The number of rotatable bonds is 3. The monoisotopic (exact) mass is 232 g/mol. The molecule has 0 fully saturated rings. The van der Waals surface area contributed by atoms with E-state index in [-0.39, 0.29) is 12.4 Å². The Morgan fingerprint density at radius 3 is 2.65 bits per heavy atom. The van der Waals surface area contributed by atoms with Crippen molar-refractivity contribution in [2.75, 3.05) is 0 Å². The van der Waals surface area contributed by atoms with Gasteiger partial charge in [-0.15, -0.1) is 0 Å². The highest BCUT2D eigenvalue weighted by Crippen LogP contribution is 2.20. The van der Waals surface area contributed by atoms with Gasteiger partial charge in [-0.25, -0.2) is 4.39 Å². The molecular weight excluding hydrogens is 219 g/mol. The number of phenols is 1. The molecule has 0 spiro atoms. The van der Waals surface area contributed by atoms with Gasteiger partial charge < -0.3 is 9.84 Å². The van der Waals surface area contributed by atoms with Gasteiger partial charge >= 0.3 is 0 Å². The van der Waals surface area contributed by atoms with Crippen molar-refractivity contribution in [3.05, 3.63) is 59.4 Å². The van der Waals surface area contributed by atoms with Crippen molar-refractivity contribution in [2.45, 2.75) is 13.5 Å². The minimum Gasteiger partial charge on any atom is -0.505 e. The Morgan fingerprint density at radius 2 is 1.94 bits per heavy atom. The number of halogens is 1. The third kappa shape index (κ3) is 2.75. The van der Waals surface area contributed by atoms with Gasteiger partial charge in [0, 0.05) is 0 Å². The van der Waals surface area contributed by atoms with E-state index in [9.17, 15) is 4.39 Å². The van der Waals surface area contributed by atoms with Gasteiger partial charge in [-0.1, -0.05) is 24.3 Å². The van der Waals surface area contributed by atoms with Crippen LogP contribution in [0.4, 0.5) is 4.39 Å². The molecule has 2 nitrogen and oxygen atoms in total. The fourth-order valence-corrected chi connectivity index (χ4v) is 1.52. The number of benzene rings is 2. The number of aryl methyl sites for hydroxylation is 1. The predicted octanol–water partition coefficient (Wildman–Crippen LogP) is 3.42. The number of ether oxygens (including phenoxy) is 1. The van der Waals surface area contributed by atoms with Crippen LogP contribution in [-0.4, -0.2) is 5.11 Å². The topological polar surface area (TPSA) is 29.5 Å². The molecule has 0 unspecified atom stereocenters. The number of hydrogen-bond acceptors (Lipinski definition) is 2. The average molecular weight is 232 g/mol. The van der Waals surface area contributed by atoms with Gasteiger partial charge in [-0.2, -0.15) is 0 Å². The van der Waals surface area contributed by atoms with Gasteiger partial charge in [0.25, 0.3) is 0 Å². The number of para-hydroxylation sites is 1. The van der Waals surface area contributed by atoms with E-state index in [1.54, 1.807) is 6.07 Å². The molecule has 17 heavy (non-hydrogen) atoms. The molecule has 0 bridgehead atoms. The second kappa shape index (κ2) is 4.87. The molecule has 0 aliphatic carbocycles. The Hall–Kier alpha value is -2.03. The van der Waals surface area contributed by atoms with Gasteiger partial charge in [-0.3, -0.25) is 0 Å². The first kappa shape index (κ1) is 11.5. The summed E-state index contributed by atoms with van der Waals surface area (Å²) in [6.45, 7) is 2.23. The maximum Gasteiger partial charge on any atom is 0.165 e. The van der Waals surface area contributed by atoms with E-state index in [2.05, 4.69) is 0 Å². The van der Waals surface area contributed by atoms with Crippen LogP contribution in [-0.2, 0) is 6.61 Å². The Balaban J connectivity index is 2.08. The maximum atomic E-state index is 13.1. The zero-order chi connectivity index (χ0) is 12.3. The predicted molar refractivity (Wildman–Crippen MR) is 63.6 cm³/mol. The van der Waals surface area contributed by atoms with Crippen LogP contribution in [0.5, 0.6) is 11.5 Å². The van der Waals surface area contributed by atoms with Crippen molar-refractivity contribution >= 4 is 0 Å². The first-order valence-corrected chi connectivity index (χ1v) is 5.32. The van der Waals surface area contributed by atoms with Crippen molar-refractivity contribution in [3.63, 3.8) is 0 Å². The van der Waals surface area contributed by atoms with Gasteiger partial charge in [0.2, 0.25) is 0 Å². The first-order chi connectivity index (χ1) is 8.16. The van der Waals surface area contributed by atoms with Crippen LogP contribution >= 0.6 is 0 Å². The Kier molecular flexibility index (Phi) is 3.28. The zero-order valence-corrected chi connectivity index (χ0v) is 9.48. The second-order valence-corrected chi connectivity index (χ2v) is 3.84. The molecule has 0 atom stereocenters. The Morgan fingerprint density at radius 1 is 1.18 bits per heavy atom. The Labute approximate surface area is 99.3 Å².